The lowest BCUT2D eigenvalue weighted by molar-refractivity contribution is -0.132. The number of carbonyl (C=O) groups excluding carboxylic acids is 1. The van der Waals surface area contributed by atoms with E-state index >= 15 is 0 Å². The smallest absolute Gasteiger partial charge is 0.236 e. The summed E-state index contributed by atoms with van der Waals surface area (Å²) >= 11 is 0. The van der Waals surface area contributed by atoms with Crippen LogP contribution < -0.4 is 0 Å². The molecule has 0 spiro atoms. The minimum atomic E-state index is 0.306. The number of hydrogen-bond donors (Lipinski definition) is 0. The number of nitrogens with zero attached hydrogens (tertiary/aromatic N) is 4. The van der Waals surface area contributed by atoms with Crippen LogP contribution in [0.1, 0.15) is 37.1 Å². The average Bonchev–Trinajstić information content (AvgIpc) is 2.94. The monoisotopic (exact) mass is 396 g/mol. The van der Waals surface area contributed by atoms with Gasteiger partial charge in [-0.3, -0.25) is 14.6 Å². The van der Waals surface area contributed by atoms with Crippen LogP contribution >= 0.6 is 0 Å². The molecule has 2 fully saturated rings. The molecular weight excluding hydrogens is 364 g/mol. The van der Waals surface area contributed by atoms with Crippen molar-refractivity contribution in [3.05, 3.63) is 41.8 Å². The van der Waals surface area contributed by atoms with Gasteiger partial charge in [-0.25, -0.2) is 4.98 Å². The van der Waals surface area contributed by atoms with E-state index in [2.05, 4.69) is 14.7 Å². The highest BCUT2D eigenvalue weighted by Gasteiger charge is 2.23. The Hall–Kier alpha value is -2.18. The zero-order valence-electron chi connectivity index (χ0n) is 17.5. The number of likely N-dealkylation sites (tertiary alicyclic amines) is 1. The second kappa shape index (κ2) is 9.55. The quantitative estimate of drug-likeness (QED) is 0.777. The van der Waals surface area contributed by atoms with Crippen LogP contribution in [0.25, 0.3) is 11.5 Å². The van der Waals surface area contributed by atoms with E-state index in [9.17, 15) is 4.79 Å². The molecule has 0 aliphatic carbocycles. The Kier molecular flexibility index (Phi) is 6.62. The molecule has 1 amide bonds. The Bertz CT molecular complexity index is 788. The maximum atomic E-state index is 12.6. The van der Waals surface area contributed by atoms with Crippen molar-refractivity contribution in [1.82, 2.24) is 19.7 Å². The molecular formula is C23H32N4O2. The van der Waals surface area contributed by atoms with E-state index in [1.54, 1.807) is 0 Å². The standard InChI is InChI=1S/C23H32N4O2/c1-19-21(24-23(29-19)20-9-5-4-6-10-20)17-25-13-15-26(16-14-25)18-22(28)27-11-7-2-3-8-12-27/h4-6,9-10H,2-3,7-8,11-18H2,1H3. The molecule has 29 heavy (non-hydrogen) atoms. The van der Waals surface area contributed by atoms with Gasteiger partial charge in [0.05, 0.1) is 12.2 Å². The van der Waals surface area contributed by atoms with Crippen molar-refractivity contribution >= 4 is 5.91 Å². The second-order valence-electron chi connectivity index (χ2n) is 8.24. The van der Waals surface area contributed by atoms with Gasteiger partial charge in [-0.2, -0.15) is 0 Å². The van der Waals surface area contributed by atoms with Crippen LogP contribution in [-0.4, -0.2) is 71.4 Å². The maximum absolute atomic E-state index is 12.6. The summed E-state index contributed by atoms with van der Waals surface area (Å²) in [6, 6.07) is 10.0. The van der Waals surface area contributed by atoms with Gasteiger partial charge in [-0.15, -0.1) is 0 Å². The largest absolute Gasteiger partial charge is 0.441 e. The van der Waals surface area contributed by atoms with Gasteiger partial charge in [0.15, 0.2) is 0 Å². The van der Waals surface area contributed by atoms with Crippen molar-refractivity contribution < 1.29 is 9.21 Å². The molecule has 1 aromatic carbocycles. The number of amides is 1. The predicted molar refractivity (Wildman–Crippen MR) is 113 cm³/mol. The topological polar surface area (TPSA) is 52.8 Å². The average molecular weight is 397 g/mol. The van der Waals surface area contributed by atoms with E-state index in [0.29, 0.717) is 18.3 Å². The zero-order chi connectivity index (χ0) is 20.1. The molecule has 2 aliphatic heterocycles. The Morgan fingerprint density at radius 2 is 1.59 bits per heavy atom. The molecule has 0 atom stereocenters. The third-order valence-corrected chi connectivity index (χ3v) is 6.07. The molecule has 6 nitrogen and oxygen atoms in total. The van der Waals surface area contributed by atoms with E-state index < -0.39 is 0 Å². The number of carbonyl (C=O) groups is 1. The van der Waals surface area contributed by atoms with Gasteiger partial charge < -0.3 is 9.32 Å². The summed E-state index contributed by atoms with van der Waals surface area (Å²) in [7, 11) is 0. The highest BCUT2D eigenvalue weighted by Crippen LogP contribution is 2.22. The SMILES string of the molecule is Cc1oc(-c2ccccc2)nc1CN1CCN(CC(=O)N2CCCCCC2)CC1. The van der Waals surface area contributed by atoms with Crippen molar-refractivity contribution in [2.45, 2.75) is 39.2 Å². The molecule has 1 aromatic heterocycles. The van der Waals surface area contributed by atoms with Crippen LogP contribution in [0.5, 0.6) is 0 Å². The normalized spacial score (nSPS) is 19.3. The fraction of sp³-hybridized carbons (Fsp3) is 0.565. The summed E-state index contributed by atoms with van der Waals surface area (Å²) < 4.78 is 5.89. The Morgan fingerprint density at radius 3 is 2.28 bits per heavy atom. The van der Waals surface area contributed by atoms with E-state index in [0.717, 1.165) is 75.7 Å². The molecule has 0 unspecified atom stereocenters. The third kappa shape index (κ3) is 5.25. The summed E-state index contributed by atoms with van der Waals surface area (Å²) in [5.74, 6) is 1.89. The molecule has 4 rings (SSSR count). The lowest BCUT2D eigenvalue weighted by Crippen LogP contribution is -2.49. The van der Waals surface area contributed by atoms with Crippen molar-refractivity contribution in [1.29, 1.82) is 0 Å². The van der Waals surface area contributed by atoms with Gasteiger partial charge in [0.1, 0.15) is 5.76 Å². The predicted octanol–water partition coefficient (Wildman–Crippen LogP) is 3.17. The van der Waals surface area contributed by atoms with E-state index in [4.69, 9.17) is 9.40 Å². The number of oxazole rings is 1. The van der Waals surface area contributed by atoms with Gasteiger partial charge in [-0.1, -0.05) is 31.0 Å². The van der Waals surface area contributed by atoms with Gasteiger partial charge in [0.25, 0.3) is 0 Å². The van der Waals surface area contributed by atoms with E-state index in [1.807, 2.05) is 37.3 Å². The molecule has 0 saturated carbocycles. The Balaban J connectivity index is 1.27. The number of rotatable bonds is 5. The van der Waals surface area contributed by atoms with Crippen LogP contribution in [-0.2, 0) is 11.3 Å². The zero-order valence-corrected chi connectivity index (χ0v) is 17.5. The Labute approximate surface area is 173 Å². The molecule has 3 heterocycles. The summed E-state index contributed by atoms with van der Waals surface area (Å²) in [4.78, 5) is 24.1. The Morgan fingerprint density at radius 1 is 0.931 bits per heavy atom. The fourth-order valence-corrected chi connectivity index (χ4v) is 4.21. The lowest BCUT2D eigenvalue weighted by Gasteiger charge is -2.35. The molecule has 2 aromatic rings. The molecule has 0 bridgehead atoms. The van der Waals surface area contributed by atoms with Crippen LogP contribution in [0.3, 0.4) is 0 Å². The molecule has 0 N–H and O–H groups in total. The first-order valence-electron chi connectivity index (χ1n) is 10.9. The summed E-state index contributed by atoms with van der Waals surface area (Å²) in [5.41, 5.74) is 2.02. The van der Waals surface area contributed by atoms with Crippen LogP contribution in [0.15, 0.2) is 34.7 Å². The van der Waals surface area contributed by atoms with Crippen molar-refractivity contribution in [2.75, 3.05) is 45.8 Å². The molecule has 6 heteroatoms. The number of piperazine rings is 1. The van der Waals surface area contributed by atoms with E-state index in [-0.39, 0.29) is 0 Å². The second-order valence-corrected chi connectivity index (χ2v) is 8.24. The first kappa shape index (κ1) is 20.1. The highest BCUT2D eigenvalue weighted by molar-refractivity contribution is 5.78. The third-order valence-electron chi connectivity index (χ3n) is 6.07. The maximum Gasteiger partial charge on any atom is 0.236 e. The fourth-order valence-electron chi connectivity index (χ4n) is 4.21. The number of hydrogen-bond acceptors (Lipinski definition) is 5. The van der Waals surface area contributed by atoms with Crippen molar-refractivity contribution in [3.8, 4) is 11.5 Å². The summed E-state index contributed by atoms with van der Waals surface area (Å²) in [6.45, 7) is 9.02. The van der Waals surface area contributed by atoms with Gasteiger partial charge in [0.2, 0.25) is 11.8 Å². The summed E-state index contributed by atoms with van der Waals surface area (Å²) in [6.07, 6.45) is 4.83. The van der Waals surface area contributed by atoms with Crippen molar-refractivity contribution in [2.24, 2.45) is 0 Å². The van der Waals surface area contributed by atoms with Crippen LogP contribution in [0, 0.1) is 6.92 Å². The highest BCUT2D eigenvalue weighted by atomic mass is 16.4. The van der Waals surface area contributed by atoms with E-state index in [1.165, 1.54) is 12.8 Å². The molecule has 2 aliphatic rings. The number of benzene rings is 1. The minimum absolute atomic E-state index is 0.306. The first-order chi connectivity index (χ1) is 14.2. The van der Waals surface area contributed by atoms with Crippen molar-refractivity contribution in [3.63, 3.8) is 0 Å². The number of aromatic nitrogens is 1. The summed E-state index contributed by atoms with van der Waals surface area (Å²) in [5, 5.41) is 0. The van der Waals surface area contributed by atoms with Crippen LogP contribution in [0.2, 0.25) is 0 Å². The van der Waals surface area contributed by atoms with Gasteiger partial charge in [0, 0.05) is 51.4 Å². The van der Waals surface area contributed by atoms with Gasteiger partial charge in [-0.05, 0) is 31.9 Å². The van der Waals surface area contributed by atoms with Crippen LogP contribution in [0.4, 0.5) is 0 Å². The number of aryl methyl sites for hydroxylation is 1. The molecule has 156 valence electrons. The lowest BCUT2D eigenvalue weighted by atomic mass is 10.2. The van der Waals surface area contributed by atoms with Gasteiger partial charge >= 0.3 is 0 Å². The molecule has 0 radical (unpaired) electrons. The first-order valence-corrected chi connectivity index (χ1v) is 10.9. The minimum Gasteiger partial charge on any atom is -0.441 e. The molecule has 2 saturated heterocycles.